The van der Waals surface area contributed by atoms with Crippen molar-refractivity contribution in [3.05, 3.63) is 47.3 Å². The topological polar surface area (TPSA) is 78.9 Å². The minimum absolute atomic E-state index is 0.115. The Morgan fingerprint density at radius 3 is 2.38 bits per heavy atom. The molecule has 1 saturated carbocycles. The number of aromatic nitrogens is 2. The molecule has 8 nitrogen and oxygen atoms in total. The summed E-state index contributed by atoms with van der Waals surface area (Å²) in [6, 6.07) is 4.36. The second-order valence-corrected chi connectivity index (χ2v) is 8.89. The molecule has 5 rings (SSSR count). The molecular formula is C23H24F3N5O3. The number of alkyl halides is 3. The fourth-order valence-electron chi connectivity index (χ4n) is 4.38. The van der Waals surface area contributed by atoms with E-state index in [-0.39, 0.29) is 17.9 Å². The lowest BCUT2D eigenvalue weighted by atomic mass is 10.1. The molecule has 0 aromatic carbocycles. The van der Waals surface area contributed by atoms with Crippen molar-refractivity contribution in [1.82, 2.24) is 14.9 Å². The molecule has 0 spiro atoms. The van der Waals surface area contributed by atoms with Crippen molar-refractivity contribution in [1.29, 1.82) is 0 Å². The van der Waals surface area contributed by atoms with Gasteiger partial charge in [-0.2, -0.15) is 13.2 Å². The normalized spacial score (nSPS) is 21.1. The molecule has 0 unspecified atom stereocenters. The van der Waals surface area contributed by atoms with Crippen LogP contribution in [0.2, 0.25) is 0 Å². The molecule has 1 atom stereocenters. The van der Waals surface area contributed by atoms with Crippen molar-refractivity contribution < 1.29 is 27.5 Å². The Morgan fingerprint density at radius 1 is 1.09 bits per heavy atom. The van der Waals surface area contributed by atoms with Crippen LogP contribution in [0.4, 0.5) is 29.6 Å². The number of hydrogen-bond acceptors (Lipinski definition) is 6. The Balaban J connectivity index is 1.25. The molecule has 2 saturated heterocycles. The number of halogens is 3. The van der Waals surface area contributed by atoms with Crippen molar-refractivity contribution in [2.45, 2.75) is 37.9 Å². The van der Waals surface area contributed by atoms with E-state index in [4.69, 9.17) is 4.74 Å². The molecule has 0 radical (unpaired) electrons. The molecule has 1 aliphatic carbocycles. The maximum atomic E-state index is 13.1. The number of ether oxygens (including phenoxy) is 1. The fourth-order valence-corrected chi connectivity index (χ4v) is 4.38. The summed E-state index contributed by atoms with van der Waals surface area (Å²) < 4.78 is 44.5. The number of anilines is 2. The van der Waals surface area contributed by atoms with Crippen LogP contribution in [-0.2, 0) is 10.9 Å². The van der Waals surface area contributed by atoms with Crippen molar-refractivity contribution in [3.63, 3.8) is 0 Å². The first kappa shape index (κ1) is 22.4. The zero-order chi connectivity index (χ0) is 24.0. The summed E-state index contributed by atoms with van der Waals surface area (Å²) >= 11 is 0. The Labute approximate surface area is 194 Å². The summed E-state index contributed by atoms with van der Waals surface area (Å²) in [5, 5.41) is 0. The lowest BCUT2D eigenvalue weighted by molar-refractivity contribution is -0.137. The third-order valence-electron chi connectivity index (χ3n) is 6.43. The summed E-state index contributed by atoms with van der Waals surface area (Å²) in [5.74, 6) is 0.945. The van der Waals surface area contributed by atoms with E-state index in [1.165, 1.54) is 17.2 Å². The molecule has 3 aliphatic rings. The number of rotatable bonds is 4. The van der Waals surface area contributed by atoms with Crippen molar-refractivity contribution in [2.24, 2.45) is 0 Å². The number of amides is 2. The maximum absolute atomic E-state index is 13.1. The first-order valence-corrected chi connectivity index (χ1v) is 11.3. The number of carbonyl (C=O) groups excluding carboxylic acids is 2. The van der Waals surface area contributed by atoms with E-state index >= 15 is 0 Å². The zero-order valence-electron chi connectivity index (χ0n) is 18.6. The smallest absolute Gasteiger partial charge is 0.417 e. The average molecular weight is 475 g/mol. The molecule has 4 heterocycles. The molecule has 2 aromatic rings. The van der Waals surface area contributed by atoms with E-state index in [1.54, 1.807) is 17.0 Å². The molecule has 0 bridgehead atoms. The van der Waals surface area contributed by atoms with Gasteiger partial charge in [0.05, 0.1) is 17.2 Å². The molecule has 0 N–H and O–H groups in total. The van der Waals surface area contributed by atoms with Gasteiger partial charge < -0.3 is 14.5 Å². The van der Waals surface area contributed by atoms with Gasteiger partial charge in [-0.25, -0.2) is 14.8 Å². The largest absolute Gasteiger partial charge is 0.447 e. The van der Waals surface area contributed by atoms with Gasteiger partial charge in [-0.05, 0) is 49.4 Å². The summed E-state index contributed by atoms with van der Waals surface area (Å²) in [6.45, 7) is 3.94. The van der Waals surface area contributed by atoms with Crippen LogP contribution in [0.5, 0.6) is 0 Å². The number of nitrogens with zero attached hydrogens (tertiary/aromatic N) is 5. The second kappa shape index (κ2) is 8.44. The minimum atomic E-state index is -4.42. The van der Waals surface area contributed by atoms with Gasteiger partial charge in [0.2, 0.25) is 0 Å². The second-order valence-electron chi connectivity index (χ2n) is 8.89. The van der Waals surface area contributed by atoms with Gasteiger partial charge in [-0.1, -0.05) is 0 Å². The third kappa shape index (κ3) is 4.26. The predicted octanol–water partition coefficient (Wildman–Crippen LogP) is 3.68. The van der Waals surface area contributed by atoms with Crippen LogP contribution in [-0.4, -0.2) is 65.7 Å². The Bertz CT molecular complexity index is 1100. The van der Waals surface area contributed by atoms with E-state index in [1.807, 2.05) is 11.8 Å². The summed E-state index contributed by atoms with van der Waals surface area (Å²) in [4.78, 5) is 38.4. The summed E-state index contributed by atoms with van der Waals surface area (Å²) in [6.07, 6.45) is -0.806. The van der Waals surface area contributed by atoms with Gasteiger partial charge in [0.25, 0.3) is 5.91 Å². The van der Waals surface area contributed by atoms with Crippen LogP contribution in [0.25, 0.3) is 0 Å². The quantitative estimate of drug-likeness (QED) is 0.672. The standard InChI is InChI=1S/C23H24F3N5O3/c1-14-13-34-22(33)31(14)19-5-4-16(11-27-19)21(32)30-8-6-29(7-9-30)20-18(15-2-3-15)10-17(12-28-20)23(24,25)26/h4-5,10-12,14-15H,2-3,6-9,13H2,1H3/t14-/m1/s1. The van der Waals surface area contributed by atoms with E-state index in [0.717, 1.165) is 19.0 Å². The zero-order valence-corrected chi connectivity index (χ0v) is 18.6. The highest BCUT2D eigenvalue weighted by molar-refractivity contribution is 5.95. The lowest BCUT2D eigenvalue weighted by Gasteiger charge is -2.36. The van der Waals surface area contributed by atoms with Gasteiger partial charge >= 0.3 is 12.3 Å². The van der Waals surface area contributed by atoms with Crippen LogP contribution in [0.1, 0.15) is 47.2 Å². The molecular weight excluding hydrogens is 451 g/mol. The Kier molecular flexibility index (Phi) is 5.57. The van der Waals surface area contributed by atoms with Crippen LogP contribution < -0.4 is 9.80 Å². The van der Waals surface area contributed by atoms with E-state index < -0.39 is 17.8 Å². The lowest BCUT2D eigenvalue weighted by Crippen LogP contribution is -2.49. The molecule has 2 aliphatic heterocycles. The van der Waals surface area contributed by atoms with Crippen LogP contribution in [0, 0.1) is 0 Å². The molecule has 180 valence electrons. The molecule has 2 aromatic heterocycles. The third-order valence-corrected chi connectivity index (χ3v) is 6.43. The van der Waals surface area contributed by atoms with Crippen LogP contribution in [0.3, 0.4) is 0 Å². The first-order chi connectivity index (χ1) is 16.2. The summed E-state index contributed by atoms with van der Waals surface area (Å²) in [5.41, 5.74) is 0.326. The van der Waals surface area contributed by atoms with Crippen molar-refractivity contribution in [3.8, 4) is 0 Å². The minimum Gasteiger partial charge on any atom is -0.447 e. The number of pyridine rings is 2. The predicted molar refractivity (Wildman–Crippen MR) is 117 cm³/mol. The van der Waals surface area contributed by atoms with Gasteiger partial charge in [0.1, 0.15) is 18.2 Å². The molecule has 34 heavy (non-hydrogen) atoms. The van der Waals surface area contributed by atoms with Crippen LogP contribution in [0.15, 0.2) is 30.6 Å². The SMILES string of the molecule is C[C@@H]1COC(=O)N1c1ccc(C(=O)N2CCN(c3ncc(C(F)(F)F)cc3C3CC3)CC2)cn1. The number of carbonyl (C=O) groups is 2. The van der Waals surface area contributed by atoms with Gasteiger partial charge in [-0.15, -0.1) is 0 Å². The molecule has 3 fully saturated rings. The first-order valence-electron chi connectivity index (χ1n) is 11.3. The Hall–Kier alpha value is -3.37. The number of piperazine rings is 1. The van der Waals surface area contributed by atoms with Crippen LogP contribution >= 0.6 is 0 Å². The van der Waals surface area contributed by atoms with E-state index in [0.29, 0.717) is 55.5 Å². The van der Waals surface area contributed by atoms with E-state index in [9.17, 15) is 22.8 Å². The highest BCUT2D eigenvalue weighted by Crippen LogP contribution is 2.45. The van der Waals surface area contributed by atoms with Gasteiger partial charge in [0.15, 0.2) is 0 Å². The highest BCUT2D eigenvalue weighted by Gasteiger charge is 2.36. The summed E-state index contributed by atoms with van der Waals surface area (Å²) in [7, 11) is 0. The number of cyclic esters (lactones) is 1. The monoisotopic (exact) mass is 475 g/mol. The number of hydrogen-bond donors (Lipinski definition) is 0. The maximum Gasteiger partial charge on any atom is 0.417 e. The highest BCUT2D eigenvalue weighted by atomic mass is 19.4. The van der Waals surface area contributed by atoms with Crippen molar-refractivity contribution in [2.75, 3.05) is 42.6 Å². The van der Waals surface area contributed by atoms with Crippen molar-refractivity contribution >= 4 is 23.6 Å². The Morgan fingerprint density at radius 2 is 1.82 bits per heavy atom. The molecule has 11 heteroatoms. The molecule has 2 amide bonds. The van der Waals surface area contributed by atoms with E-state index in [2.05, 4.69) is 9.97 Å². The van der Waals surface area contributed by atoms with Gasteiger partial charge in [-0.3, -0.25) is 9.69 Å². The average Bonchev–Trinajstić information content (AvgIpc) is 3.62. The van der Waals surface area contributed by atoms with Gasteiger partial charge in [0, 0.05) is 38.6 Å². The fraction of sp³-hybridized carbons (Fsp3) is 0.478.